The smallest absolute Gasteiger partial charge is 0.287 e. The van der Waals surface area contributed by atoms with Crippen LogP contribution >= 0.6 is 0 Å². The Morgan fingerprint density at radius 3 is 3.45 bits per heavy atom. The zero-order valence-corrected chi connectivity index (χ0v) is 6.08. The Morgan fingerprint density at radius 2 is 2.55 bits per heavy atom. The van der Waals surface area contributed by atoms with Gasteiger partial charge in [0.25, 0.3) is 5.91 Å². The number of carbonyl (C=O) groups is 1. The highest BCUT2D eigenvalue weighted by Crippen LogP contribution is 2.17. The molecule has 2 heterocycles. The number of fused-ring (bicyclic) bond motifs is 1. The third kappa shape index (κ3) is 1.21. The molecule has 1 saturated heterocycles. The van der Waals surface area contributed by atoms with E-state index in [1.807, 2.05) is 0 Å². The average molecular weight is 151 g/mol. The predicted octanol–water partition coefficient (Wildman–Crippen LogP) is 0.267. The van der Waals surface area contributed by atoms with Crippen molar-refractivity contribution in [2.45, 2.75) is 12.5 Å². The highest BCUT2D eigenvalue weighted by atomic mass is 16.1. The minimum absolute atomic E-state index is 0.175. The molecule has 2 aliphatic heterocycles. The molecule has 1 atom stereocenters. The Kier molecular flexibility index (Phi) is 1.54. The minimum Gasteiger partial charge on any atom is -0.313 e. The Hall–Kier alpha value is -1.03. The predicted molar refractivity (Wildman–Crippen MR) is 39.2 cm³/mol. The summed E-state index contributed by atoms with van der Waals surface area (Å²) in [6, 6.07) is 0.175. The summed E-state index contributed by atoms with van der Waals surface area (Å²) >= 11 is 0. The quantitative estimate of drug-likeness (QED) is 0.540. The van der Waals surface area contributed by atoms with Gasteiger partial charge in [0.2, 0.25) is 0 Å². The van der Waals surface area contributed by atoms with Crippen molar-refractivity contribution in [3.8, 4) is 0 Å². The highest BCUT2D eigenvalue weighted by molar-refractivity contribution is 5.89. The first kappa shape index (κ1) is 6.67. The maximum atomic E-state index is 10.8. The summed E-state index contributed by atoms with van der Waals surface area (Å²) in [6.07, 6.45) is 2.55. The zero-order valence-electron chi connectivity index (χ0n) is 6.08. The number of azo groups is 1. The first-order valence-corrected chi connectivity index (χ1v) is 3.72. The molecule has 58 valence electrons. The largest absolute Gasteiger partial charge is 0.313 e. The van der Waals surface area contributed by atoms with Gasteiger partial charge in [-0.1, -0.05) is 0 Å². The third-order valence-corrected chi connectivity index (χ3v) is 1.96. The fourth-order valence-corrected chi connectivity index (χ4v) is 1.37. The van der Waals surface area contributed by atoms with E-state index in [1.165, 1.54) is 0 Å². The molecule has 1 fully saturated rings. The Balaban J connectivity index is 2.21. The van der Waals surface area contributed by atoms with Gasteiger partial charge >= 0.3 is 0 Å². The van der Waals surface area contributed by atoms with Crippen LogP contribution in [0.25, 0.3) is 0 Å². The second-order valence-corrected chi connectivity index (χ2v) is 2.75. The standard InChI is InChI=1S/C7H9N3O/c11-7-3-5-4-8-2-1-6(5)9-10-7/h3,6,8H,1-2,4H2. The molecular weight excluding hydrogens is 142 g/mol. The molecular formula is C7H9N3O. The van der Waals surface area contributed by atoms with Gasteiger partial charge < -0.3 is 5.32 Å². The fourth-order valence-electron chi connectivity index (χ4n) is 1.37. The number of hydrogen-bond donors (Lipinski definition) is 1. The van der Waals surface area contributed by atoms with Crippen molar-refractivity contribution in [1.82, 2.24) is 5.32 Å². The van der Waals surface area contributed by atoms with Crippen LogP contribution in [-0.4, -0.2) is 25.0 Å². The summed E-state index contributed by atoms with van der Waals surface area (Å²) in [5.74, 6) is -0.222. The Morgan fingerprint density at radius 1 is 1.64 bits per heavy atom. The average Bonchev–Trinajstić information content (AvgIpc) is 2.04. The lowest BCUT2D eigenvalue weighted by Gasteiger charge is -2.23. The van der Waals surface area contributed by atoms with Crippen molar-refractivity contribution >= 4 is 5.91 Å². The Bertz CT molecular complexity index is 244. The molecule has 2 rings (SSSR count). The van der Waals surface area contributed by atoms with Crippen molar-refractivity contribution in [2.75, 3.05) is 13.1 Å². The molecule has 2 aliphatic rings. The summed E-state index contributed by atoms with van der Waals surface area (Å²) in [6.45, 7) is 1.75. The van der Waals surface area contributed by atoms with Crippen LogP contribution in [0.15, 0.2) is 21.9 Å². The first-order chi connectivity index (χ1) is 5.36. The maximum Gasteiger partial charge on any atom is 0.287 e. The van der Waals surface area contributed by atoms with Crippen LogP contribution in [0.2, 0.25) is 0 Å². The van der Waals surface area contributed by atoms with Crippen LogP contribution in [0.4, 0.5) is 0 Å². The summed E-state index contributed by atoms with van der Waals surface area (Å²) in [5.41, 5.74) is 1.08. The molecule has 0 aliphatic carbocycles. The highest BCUT2D eigenvalue weighted by Gasteiger charge is 2.21. The maximum absolute atomic E-state index is 10.8. The van der Waals surface area contributed by atoms with E-state index in [0.29, 0.717) is 0 Å². The molecule has 0 aromatic heterocycles. The molecule has 0 aromatic rings. The van der Waals surface area contributed by atoms with Gasteiger partial charge in [-0.2, -0.15) is 5.11 Å². The van der Waals surface area contributed by atoms with Crippen molar-refractivity contribution < 1.29 is 4.79 Å². The van der Waals surface area contributed by atoms with E-state index >= 15 is 0 Å². The van der Waals surface area contributed by atoms with Crippen LogP contribution < -0.4 is 5.32 Å². The number of rotatable bonds is 0. The lowest BCUT2D eigenvalue weighted by Crippen LogP contribution is -2.34. The van der Waals surface area contributed by atoms with Crippen LogP contribution in [-0.2, 0) is 4.79 Å². The van der Waals surface area contributed by atoms with Crippen molar-refractivity contribution in [3.63, 3.8) is 0 Å². The van der Waals surface area contributed by atoms with Crippen molar-refractivity contribution in [3.05, 3.63) is 11.6 Å². The molecule has 1 N–H and O–H groups in total. The molecule has 0 spiro atoms. The van der Waals surface area contributed by atoms with E-state index in [9.17, 15) is 4.79 Å². The second kappa shape index (κ2) is 2.54. The van der Waals surface area contributed by atoms with Crippen molar-refractivity contribution in [2.24, 2.45) is 10.2 Å². The van der Waals surface area contributed by atoms with Gasteiger partial charge in [-0.25, -0.2) is 0 Å². The number of amides is 1. The van der Waals surface area contributed by atoms with E-state index in [4.69, 9.17) is 0 Å². The molecule has 0 aromatic carbocycles. The van der Waals surface area contributed by atoms with Crippen LogP contribution in [0.5, 0.6) is 0 Å². The molecule has 1 unspecified atom stereocenters. The van der Waals surface area contributed by atoms with E-state index in [1.54, 1.807) is 6.08 Å². The summed E-state index contributed by atoms with van der Waals surface area (Å²) < 4.78 is 0. The van der Waals surface area contributed by atoms with E-state index in [-0.39, 0.29) is 11.9 Å². The SMILES string of the molecule is O=C1C=C2CNCCC2N=N1. The minimum atomic E-state index is -0.222. The molecule has 4 nitrogen and oxygen atoms in total. The molecule has 0 bridgehead atoms. The molecule has 1 amide bonds. The van der Waals surface area contributed by atoms with Gasteiger partial charge in [0.1, 0.15) is 0 Å². The number of piperidine rings is 1. The first-order valence-electron chi connectivity index (χ1n) is 3.72. The number of nitrogens with one attached hydrogen (secondary N) is 1. The van der Waals surface area contributed by atoms with Gasteiger partial charge in [0, 0.05) is 12.6 Å². The van der Waals surface area contributed by atoms with Crippen LogP contribution in [0, 0.1) is 0 Å². The second-order valence-electron chi connectivity index (χ2n) is 2.75. The lowest BCUT2D eigenvalue weighted by molar-refractivity contribution is -0.114. The van der Waals surface area contributed by atoms with E-state index in [2.05, 4.69) is 15.5 Å². The van der Waals surface area contributed by atoms with Gasteiger partial charge in [-0.15, -0.1) is 5.11 Å². The number of hydrogen-bond acceptors (Lipinski definition) is 3. The molecule has 11 heavy (non-hydrogen) atoms. The van der Waals surface area contributed by atoms with Gasteiger partial charge in [-0.3, -0.25) is 4.79 Å². The normalized spacial score (nSPS) is 29.6. The summed E-state index contributed by atoms with van der Waals surface area (Å²) in [4.78, 5) is 10.8. The van der Waals surface area contributed by atoms with Gasteiger partial charge in [0.15, 0.2) is 0 Å². The van der Waals surface area contributed by atoms with E-state index in [0.717, 1.165) is 25.1 Å². The third-order valence-electron chi connectivity index (χ3n) is 1.96. The molecule has 0 saturated carbocycles. The topological polar surface area (TPSA) is 53.8 Å². The summed E-state index contributed by atoms with van der Waals surface area (Å²) in [7, 11) is 0. The van der Waals surface area contributed by atoms with Crippen LogP contribution in [0.1, 0.15) is 6.42 Å². The summed E-state index contributed by atoms with van der Waals surface area (Å²) in [5, 5.41) is 10.6. The fraction of sp³-hybridized carbons (Fsp3) is 0.571. The number of nitrogens with zero attached hydrogens (tertiary/aromatic N) is 2. The monoisotopic (exact) mass is 151 g/mol. The lowest BCUT2D eigenvalue weighted by atomic mass is 10.00. The van der Waals surface area contributed by atoms with Gasteiger partial charge in [-0.05, 0) is 18.5 Å². The molecule has 4 heteroatoms. The Labute approximate surface area is 64.4 Å². The van der Waals surface area contributed by atoms with Crippen LogP contribution in [0.3, 0.4) is 0 Å². The zero-order chi connectivity index (χ0) is 7.68. The number of carbonyl (C=O) groups excluding carboxylic acids is 1. The van der Waals surface area contributed by atoms with Gasteiger partial charge in [0.05, 0.1) is 6.04 Å². The van der Waals surface area contributed by atoms with E-state index < -0.39 is 0 Å². The van der Waals surface area contributed by atoms with Crippen molar-refractivity contribution in [1.29, 1.82) is 0 Å². The molecule has 0 radical (unpaired) electrons.